The molecule has 2 atom stereocenters. The number of likely N-dealkylation sites (tertiary alicyclic amines) is 2. The van der Waals surface area contributed by atoms with Gasteiger partial charge in [-0.15, -0.1) is 0 Å². The van der Waals surface area contributed by atoms with Crippen LogP contribution in [-0.2, 0) is 13.1 Å². The summed E-state index contributed by atoms with van der Waals surface area (Å²) in [5.41, 5.74) is 4.35. The van der Waals surface area contributed by atoms with Crippen LogP contribution in [0.15, 0.2) is 48.5 Å². The Balaban J connectivity index is 1.21. The van der Waals surface area contributed by atoms with Crippen molar-refractivity contribution >= 4 is 58.0 Å². The van der Waals surface area contributed by atoms with Gasteiger partial charge in [-0.25, -0.2) is 9.97 Å². The lowest BCUT2D eigenvalue weighted by Gasteiger charge is -2.19. The minimum atomic E-state index is -0.569. The molecular formula is C39H43Cl3N6O6. The number of benzene rings is 2. The molecule has 2 fully saturated rings. The van der Waals surface area contributed by atoms with Gasteiger partial charge in [0.2, 0.25) is 11.8 Å². The van der Waals surface area contributed by atoms with Crippen LogP contribution in [0.3, 0.4) is 0 Å². The van der Waals surface area contributed by atoms with Crippen LogP contribution < -0.4 is 20.1 Å². The summed E-state index contributed by atoms with van der Waals surface area (Å²) in [5, 5.41) is 26.3. The Morgan fingerprint density at radius 1 is 0.759 bits per heavy atom. The quantitative estimate of drug-likeness (QED) is 0.113. The van der Waals surface area contributed by atoms with Crippen molar-refractivity contribution in [1.29, 1.82) is 0 Å². The second-order valence-electron chi connectivity index (χ2n) is 13.3. The topological polar surface area (TPSA) is 149 Å². The zero-order valence-electron chi connectivity index (χ0n) is 30.3. The van der Waals surface area contributed by atoms with Gasteiger partial charge in [0.25, 0.3) is 11.8 Å². The van der Waals surface area contributed by atoms with Gasteiger partial charge in [-0.3, -0.25) is 19.4 Å². The Hall–Kier alpha value is -4.01. The maximum atomic E-state index is 13.6. The summed E-state index contributed by atoms with van der Waals surface area (Å²) in [6, 6.07) is 14.0. The molecule has 54 heavy (non-hydrogen) atoms. The van der Waals surface area contributed by atoms with Gasteiger partial charge in [-0.2, -0.15) is 0 Å². The summed E-state index contributed by atoms with van der Waals surface area (Å²) in [6.45, 7) is 9.73. The Morgan fingerprint density at radius 2 is 1.22 bits per heavy atom. The van der Waals surface area contributed by atoms with Crippen LogP contribution in [0.25, 0.3) is 11.1 Å². The Kier molecular flexibility index (Phi) is 13.0. The monoisotopic (exact) mass is 796 g/mol. The number of hydrogen-bond acceptors (Lipinski definition) is 10. The van der Waals surface area contributed by atoms with E-state index in [4.69, 9.17) is 44.3 Å². The fourth-order valence-corrected chi connectivity index (χ4v) is 7.54. The molecule has 0 spiro atoms. The van der Waals surface area contributed by atoms with Crippen molar-refractivity contribution in [2.24, 2.45) is 0 Å². The van der Waals surface area contributed by atoms with Crippen molar-refractivity contribution in [2.75, 3.05) is 50.0 Å². The number of aromatic nitrogens is 2. The normalized spacial score (nSPS) is 17.5. The molecule has 15 heteroatoms. The second-order valence-corrected chi connectivity index (χ2v) is 14.5. The number of nitrogens with zero attached hydrogens (tertiary/aromatic N) is 4. The van der Waals surface area contributed by atoms with Gasteiger partial charge in [0.15, 0.2) is 11.4 Å². The molecule has 2 aromatic heterocycles. The Bertz CT molecular complexity index is 1890. The van der Waals surface area contributed by atoms with E-state index in [0.29, 0.717) is 86.5 Å². The number of ether oxygens (including phenoxy) is 2. The number of rotatable bonds is 13. The van der Waals surface area contributed by atoms with Gasteiger partial charge in [0.1, 0.15) is 0 Å². The molecule has 0 aliphatic carbocycles. The number of pyridine rings is 2. The summed E-state index contributed by atoms with van der Waals surface area (Å²) in [4.78, 5) is 40.4. The van der Waals surface area contributed by atoms with E-state index in [1.807, 2.05) is 32.9 Å². The first-order valence-corrected chi connectivity index (χ1v) is 19.0. The zero-order valence-corrected chi connectivity index (χ0v) is 32.6. The third-order valence-corrected chi connectivity index (χ3v) is 10.4. The molecule has 2 aliphatic rings. The average molecular weight is 798 g/mol. The van der Waals surface area contributed by atoms with E-state index >= 15 is 0 Å². The van der Waals surface area contributed by atoms with Crippen molar-refractivity contribution < 1.29 is 29.3 Å². The molecular weight excluding hydrogens is 755 g/mol. The number of halogens is 3. The van der Waals surface area contributed by atoms with Gasteiger partial charge >= 0.3 is 0 Å². The standard InChI is InChI=1S/C39H43Cl3N6O6/c1-4-53-38-23(18-47-14-12-25(49)20-47)16-29(40)34(45-38)36(51)43-31-10-6-8-27(22(31)3)28-9-7-11-32(33(28)42)44-37(52)35-30(41)17-24(39(46-35)54-5-2)19-48-15-13-26(50)21-48/h6-11,16-17,25-26,49-50H,4-5,12-15,18-21H2,1-3H3,(H,43,51)(H,44,52)/t25-,26-/m1/s1. The lowest BCUT2D eigenvalue weighted by atomic mass is 9.98. The molecule has 2 aliphatic heterocycles. The number of aliphatic hydroxyl groups is 2. The van der Waals surface area contributed by atoms with E-state index in [1.165, 1.54) is 0 Å². The van der Waals surface area contributed by atoms with Gasteiger partial charge in [0, 0.05) is 61.6 Å². The minimum absolute atomic E-state index is 0.0144. The highest BCUT2D eigenvalue weighted by atomic mass is 35.5. The summed E-state index contributed by atoms with van der Waals surface area (Å²) >= 11 is 20.2. The van der Waals surface area contributed by atoms with E-state index in [1.54, 1.807) is 36.4 Å². The molecule has 286 valence electrons. The van der Waals surface area contributed by atoms with Gasteiger partial charge in [-0.1, -0.05) is 59.1 Å². The predicted molar refractivity (Wildman–Crippen MR) is 210 cm³/mol. The minimum Gasteiger partial charge on any atom is -0.478 e. The van der Waals surface area contributed by atoms with Gasteiger partial charge in [0.05, 0.1) is 46.2 Å². The number of carbonyl (C=O) groups is 2. The van der Waals surface area contributed by atoms with Crippen molar-refractivity contribution in [2.45, 2.75) is 58.9 Å². The Labute approximate surface area is 329 Å². The van der Waals surface area contributed by atoms with Crippen LogP contribution in [0.2, 0.25) is 15.1 Å². The molecule has 4 N–H and O–H groups in total. The number of anilines is 2. The SMILES string of the molecule is CCOc1nc(C(=O)Nc2cccc(-c3cccc(NC(=O)c4nc(OCC)c(CN5CC[C@@H](O)C5)cc4Cl)c3Cl)c2C)c(Cl)cc1CN1CC[C@@H](O)C1. The molecule has 2 aromatic carbocycles. The molecule has 0 saturated carbocycles. The van der Waals surface area contributed by atoms with Crippen molar-refractivity contribution in [3.05, 3.63) is 91.7 Å². The predicted octanol–water partition coefficient (Wildman–Crippen LogP) is 6.85. The third kappa shape index (κ3) is 9.09. The molecule has 0 unspecified atom stereocenters. The van der Waals surface area contributed by atoms with Crippen molar-refractivity contribution in [3.63, 3.8) is 0 Å². The number of amides is 2. The maximum absolute atomic E-state index is 13.6. The smallest absolute Gasteiger partial charge is 0.276 e. The van der Waals surface area contributed by atoms with Gasteiger partial charge < -0.3 is 30.3 Å². The molecule has 2 amide bonds. The van der Waals surface area contributed by atoms with Crippen LogP contribution in [0.4, 0.5) is 11.4 Å². The third-order valence-electron chi connectivity index (χ3n) is 9.42. The van der Waals surface area contributed by atoms with E-state index < -0.39 is 11.8 Å². The molecule has 4 heterocycles. The highest BCUT2D eigenvalue weighted by molar-refractivity contribution is 6.37. The van der Waals surface area contributed by atoms with E-state index in [-0.39, 0.29) is 38.7 Å². The summed E-state index contributed by atoms with van der Waals surface area (Å²) in [6.07, 6.45) is 0.627. The number of hydrogen-bond donors (Lipinski definition) is 4. The zero-order chi connectivity index (χ0) is 38.5. The van der Waals surface area contributed by atoms with Crippen molar-refractivity contribution in [3.8, 4) is 22.9 Å². The largest absolute Gasteiger partial charge is 0.478 e. The highest BCUT2D eigenvalue weighted by Gasteiger charge is 2.26. The highest BCUT2D eigenvalue weighted by Crippen LogP contribution is 2.38. The molecule has 0 bridgehead atoms. The molecule has 0 radical (unpaired) electrons. The molecule has 12 nitrogen and oxygen atoms in total. The lowest BCUT2D eigenvalue weighted by molar-refractivity contribution is 0.101. The fraction of sp³-hybridized carbons (Fsp3) is 0.385. The van der Waals surface area contributed by atoms with Crippen LogP contribution in [-0.4, -0.2) is 93.4 Å². The van der Waals surface area contributed by atoms with Crippen LogP contribution in [0.1, 0.15) is 64.4 Å². The Morgan fingerprint density at radius 3 is 1.69 bits per heavy atom. The van der Waals surface area contributed by atoms with E-state index in [0.717, 1.165) is 29.8 Å². The van der Waals surface area contributed by atoms with Crippen LogP contribution >= 0.6 is 34.8 Å². The number of β-amino-alcohol motifs (C(OH)–C–C–N with tert-alkyl or cyclic N) is 2. The first kappa shape index (κ1) is 39.7. The number of nitrogens with one attached hydrogen (secondary N) is 2. The molecule has 6 rings (SSSR count). The summed E-state index contributed by atoms with van der Waals surface area (Å²) < 4.78 is 11.6. The number of carbonyl (C=O) groups excluding carboxylic acids is 2. The van der Waals surface area contributed by atoms with Crippen LogP contribution in [0, 0.1) is 6.92 Å². The summed E-state index contributed by atoms with van der Waals surface area (Å²) in [5.74, 6) is -0.474. The van der Waals surface area contributed by atoms with E-state index in [9.17, 15) is 19.8 Å². The number of aliphatic hydroxyl groups excluding tert-OH is 2. The average Bonchev–Trinajstić information content (AvgIpc) is 3.75. The fourth-order valence-electron chi connectivity index (χ4n) is 6.74. The summed E-state index contributed by atoms with van der Waals surface area (Å²) in [7, 11) is 0. The first-order chi connectivity index (χ1) is 25.9. The second kappa shape index (κ2) is 17.6. The molecule has 2 saturated heterocycles. The van der Waals surface area contributed by atoms with Crippen molar-refractivity contribution in [1.82, 2.24) is 19.8 Å². The van der Waals surface area contributed by atoms with Crippen LogP contribution in [0.5, 0.6) is 11.8 Å². The van der Waals surface area contributed by atoms with Gasteiger partial charge in [-0.05, 0) is 69.0 Å². The first-order valence-electron chi connectivity index (χ1n) is 17.9. The lowest BCUT2D eigenvalue weighted by Crippen LogP contribution is -2.23. The molecule has 4 aromatic rings. The van der Waals surface area contributed by atoms with E-state index in [2.05, 4.69) is 30.4 Å². The maximum Gasteiger partial charge on any atom is 0.276 e.